The van der Waals surface area contributed by atoms with Gasteiger partial charge in [-0.05, 0) is 29.2 Å². The number of carbonyl (C=O) groups is 1. The third-order valence-electron chi connectivity index (χ3n) is 3.59. The summed E-state index contributed by atoms with van der Waals surface area (Å²) in [5.41, 5.74) is 2.01. The highest BCUT2D eigenvalue weighted by Gasteiger charge is 2.10. The molecular formula is C19H23NO3. The van der Waals surface area contributed by atoms with E-state index in [0.29, 0.717) is 11.7 Å². The molecule has 4 nitrogen and oxygen atoms in total. The second kappa shape index (κ2) is 8.34. The Morgan fingerprint density at radius 1 is 1.04 bits per heavy atom. The van der Waals surface area contributed by atoms with Crippen LogP contribution in [0.15, 0.2) is 54.6 Å². The molecule has 0 aromatic heterocycles. The maximum atomic E-state index is 11.7. The monoisotopic (exact) mass is 313 g/mol. The Balaban J connectivity index is 1.77. The van der Waals surface area contributed by atoms with Crippen molar-refractivity contribution in [3.8, 4) is 5.75 Å². The Morgan fingerprint density at radius 3 is 2.26 bits per heavy atom. The van der Waals surface area contributed by atoms with Crippen molar-refractivity contribution >= 4 is 5.91 Å². The topological polar surface area (TPSA) is 58.6 Å². The Bertz CT molecular complexity index is 608. The van der Waals surface area contributed by atoms with Gasteiger partial charge in [0.05, 0.1) is 6.10 Å². The minimum absolute atomic E-state index is 0.0664. The number of para-hydroxylation sites is 1. The van der Waals surface area contributed by atoms with E-state index >= 15 is 0 Å². The van der Waals surface area contributed by atoms with Gasteiger partial charge >= 0.3 is 0 Å². The van der Waals surface area contributed by atoms with Crippen molar-refractivity contribution in [1.82, 2.24) is 5.32 Å². The molecule has 2 aromatic carbocycles. The van der Waals surface area contributed by atoms with Gasteiger partial charge in [-0.2, -0.15) is 0 Å². The first-order valence-electron chi connectivity index (χ1n) is 7.78. The summed E-state index contributed by atoms with van der Waals surface area (Å²) in [4.78, 5) is 11.7. The smallest absolute Gasteiger partial charge is 0.258 e. The Kier molecular flexibility index (Phi) is 6.18. The van der Waals surface area contributed by atoms with Crippen LogP contribution in [0.2, 0.25) is 0 Å². The average Bonchev–Trinajstić information content (AvgIpc) is 2.58. The molecule has 0 saturated heterocycles. The molecule has 1 amide bonds. The number of rotatable bonds is 7. The number of nitrogens with one attached hydrogen (secondary N) is 1. The number of aliphatic hydroxyl groups excluding tert-OH is 1. The lowest BCUT2D eigenvalue weighted by Gasteiger charge is -2.14. The molecule has 4 heteroatoms. The van der Waals surface area contributed by atoms with Gasteiger partial charge in [0.15, 0.2) is 6.61 Å². The van der Waals surface area contributed by atoms with Gasteiger partial charge in [0, 0.05) is 6.54 Å². The second-order valence-electron chi connectivity index (χ2n) is 5.74. The molecule has 0 fully saturated rings. The van der Waals surface area contributed by atoms with E-state index in [9.17, 15) is 9.90 Å². The summed E-state index contributed by atoms with van der Waals surface area (Å²) in [5.74, 6) is 0.843. The van der Waals surface area contributed by atoms with Crippen LogP contribution in [0.1, 0.15) is 37.0 Å². The minimum atomic E-state index is -0.725. The molecule has 1 atom stereocenters. The van der Waals surface area contributed by atoms with E-state index in [1.807, 2.05) is 42.5 Å². The Labute approximate surface area is 137 Å². The van der Waals surface area contributed by atoms with Gasteiger partial charge in [-0.25, -0.2) is 0 Å². The normalized spacial score (nSPS) is 12.0. The fourth-order valence-electron chi connectivity index (χ4n) is 2.15. The second-order valence-corrected chi connectivity index (χ2v) is 5.74. The third-order valence-corrected chi connectivity index (χ3v) is 3.59. The summed E-state index contributed by atoms with van der Waals surface area (Å²) in [7, 11) is 0. The van der Waals surface area contributed by atoms with Crippen LogP contribution in [0, 0.1) is 0 Å². The first-order chi connectivity index (χ1) is 11.1. The molecule has 0 radical (unpaired) electrons. The van der Waals surface area contributed by atoms with Crippen molar-refractivity contribution in [2.75, 3.05) is 13.2 Å². The highest BCUT2D eigenvalue weighted by atomic mass is 16.5. The quantitative estimate of drug-likeness (QED) is 0.826. The van der Waals surface area contributed by atoms with Crippen LogP contribution in [0.4, 0.5) is 0 Å². The van der Waals surface area contributed by atoms with Crippen LogP contribution in [-0.2, 0) is 4.79 Å². The van der Waals surface area contributed by atoms with Gasteiger partial charge in [-0.15, -0.1) is 0 Å². The highest BCUT2D eigenvalue weighted by molar-refractivity contribution is 5.77. The van der Waals surface area contributed by atoms with Gasteiger partial charge in [-0.1, -0.05) is 56.3 Å². The zero-order valence-corrected chi connectivity index (χ0v) is 13.5. The molecule has 2 N–H and O–H groups in total. The molecule has 0 aliphatic heterocycles. The van der Waals surface area contributed by atoms with Gasteiger partial charge in [-0.3, -0.25) is 4.79 Å². The van der Waals surface area contributed by atoms with E-state index in [1.54, 1.807) is 12.1 Å². The van der Waals surface area contributed by atoms with E-state index in [4.69, 9.17) is 4.74 Å². The summed E-state index contributed by atoms with van der Waals surface area (Å²) in [6, 6.07) is 17.0. The molecule has 122 valence electrons. The van der Waals surface area contributed by atoms with Crippen LogP contribution in [-0.4, -0.2) is 24.2 Å². The summed E-state index contributed by atoms with van der Waals surface area (Å²) in [6.45, 7) is 4.35. The maximum Gasteiger partial charge on any atom is 0.258 e. The SMILES string of the molecule is CC(C)c1ccc(C(O)CNC(=O)COc2ccccc2)cc1. The van der Waals surface area contributed by atoms with Crippen molar-refractivity contribution < 1.29 is 14.6 Å². The maximum absolute atomic E-state index is 11.7. The molecule has 0 saturated carbocycles. The first kappa shape index (κ1) is 17.0. The van der Waals surface area contributed by atoms with E-state index in [2.05, 4.69) is 19.2 Å². The summed E-state index contributed by atoms with van der Waals surface area (Å²) >= 11 is 0. The number of hydrogen-bond donors (Lipinski definition) is 2. The summed E-state index contributed by atoms with van der Waals surface area (Å²) < 4.78 is 5.35. The van der Waals surface area contributed by atoms with Crippen LogP contribution in [0.25, 0.3) is 0 Å². The first-order valence-corrected chi connectivity index (χ1v) is 7.78. The minimum Gasteiger partial charge on any atom is -0.484 e. The lowest BCUT2D eigenvalue weighted by molar-refractivity contribution is -0.123. The van der Waals surface area contributed by atoms with Crippen molar-refractivity contribution in [1.29, 1.82) is 0 Å². The van der Waals surface area contributed by atoms with Gasteiger partial charge in [0.25, 0.3) is 5.91 Å². The van der Waals surface area contributed by atoms with Crippen molar-refractivity contribution in [3.05, 3.63) is 65.7 Å². The van der Waals surface area contributed by atoms with Gasteiger partial charge in [0.1, 0.15) is 5.75 Å². The van der Waals surface area contributed by atoms with Gasteiger partial charge < -0.3 is 15.2 Å². The van der Waals surface area contributed by atoms with Crippen LogP contribution in [0.5, 0.6) is 5.75 Å². The lowest BCUT2D eigenvalue weighted by Crippen LogP contribution is -2.32. The molecule has 2 aromatic rings. The number of ether oxygens (including phenoxy) is 1. The van der Waals surface area contributed by atoms with Crippen molar-refractivity contribution in [2.45, 2.75) is 25.9 Å². The van der Waals surface area contributed by atoms with Crippen LogP contribution in [0.3, 0.4) is 0 Å². The zero-order chi connectivity index (χ0) is 16.7. The predicted molar refractivity (Wildman–Crippen MR) is 90.4 cm³/mol. The highest BCUT2D eigenvalue weighted by Crippen LogP contribution is 2.18. The Hall–Kier alpha value is -2.33. The van der Waals surface area contributed by atoms with E-state index in [0.717, 1.165) is 5.56 Å². The fourth-order valence-corrected chi connectivity index (χ4v) is 2.15. The molecule has 0 aliphatic rings. The summed E-state index contributed by atoms with van der Waals surface area (Å²) in [6.07, 6.45) is -0.725. The molecular weight excluding hydrogens is 290 g/mol. The number of amides is 1. The van der Waals surface area contributed by atoms with Crippen LogP contribution < -0.4 is 10.1 Å². The lowest BCUT2D eigenvalue weighted by atomic mass is 10.00. The van der Waals surface area contributed by atoms with E-state index < -0.39 is 6.10 Å². The van der Waals surface area contributed by atoms with E-state index in [-0.39, 0.29) is 19.1 Å². The fraction of sp³-hybridized carbons (Fsp3) is 0.316. The largest absolute Gasteiger partial charge is 0.484 e. The third kappa shape index (κ3) is 5.42. The molecule has 1 unspecified atom stereocenters. The molecule has 0 aliphatic carbocycles. The number of benzene rings is 2. The standard InChI is InChI=1S/C19H23NO3/c1-14(2)15-8-10-16(11-9-15)18(21)12-20-19(22)13-23-17-6-4-3-5-7-17/h3-11,14,18,21H,12-13H2,1-2H3,(H,20,22). The molecule has 0 bridgehead atoms. The molecule has 23 heavy (non-hydrogen) atoms. The van der Waals surface area contributed by atoms with Crippen molar-refractivity contribution in [3.63, 3.8) is 0 Å². The molecule has 0 heterocycles. The van der Waals surface area contributed by atoms with Crippen LogP contribution >= 0.6 is 0 Å². The van der Waals surface area contributed by atoms with E-state index in [1.165, 1.54) is 5.56 Å². The Morgan fingerprint density at radius 2 is 1.65 bits per heavy atom. The predicted octanol–water partition coefficient (Wildman–Crippen LogP) is 3.04. The zero-order valence-electron chi connectivity index (χ0n) is 13.5. The number of carbonyl (C=O) groups excluding carboxylic acids is 1. The van der Waals surface area contributed by atoms with Gasteiger partial charge in [0.2, 0.25) is 0 Å². The number of hydrogen-bond acceptors (Lipinski definition) is 3. The number of aliphatic hydroxyl groups is 1. The van der Waals surface area contributed by atoms with Crippen molar-refractivity contribution in [2.24, 2.45) is 0 Å². The summed E-state index contributed by atoms with van der Waals surface area (Å²) in [5, 5.41) is 12.8. The molecule has 0 spiro atoms. The average molecular weight is 313 g/mol. The molecule has 2 rings (SSSR count).